The highest BCUT2D eigenvalue weighted by molar-refractivity contribution is 5.32. The second-order valence-electron chi connectivity index (χ2n) is 3.74. The van der Waals surface area contributed by atoms with Gasteiger partial charge in [0.1, 0.15) is 0 Å². The lowest BCUT2D eigenvalue weighted by atomic mass is 10.3. The lowest BCUT2D eigenvalue weighted by Crippen LogP contribution is -2.42. The molecule has 1 aliphatic heterocycles. The van der Waals surface area contributed by atoms with Crippen LogP contribution in [0.1, 0.15) is 6.92 Å². The highest BCUT2D eigenvalue weighted by atomic mass is 16.5. The monoisotopic (exact) mass is 240 g/mol. The molecule has 7 nitrogen and oxygen atoms in total. The fourth-order valence-electron chi connectivity index (χ4n) is 1.65. The van der Waals surface area contributed by atoms with Gasteiger partial charge in [0, 0.05) is 13.1 Å². The van der Waals surface area contributed by atoms with Gasteiger partial charge in [0.15, 0.2) is 0 Å². The molecule has 0 saturated carbocycles. The van der Waals surface area contributed by atoms with Gasteiger partial charge in [0.05, 0.1) is 26.9 Å². The number of nitrogens with zero attached hydrogens (tertiary/aromatic N) is 4. The van der Waals surface area contributed by atoms with Crippen LogP contribution >= 0.6 is 0 Å². The highest BCUT2D eigenvalue weighted by Gasteiger charge is 2.20. The van der Waals surface area contributed by atoms with Crippen molar-refractivity contribution in [3.8, 4) is 12.0 Å². The molecule has 1 saturated heterocycles. The summed E-state index contributed by atoms with van der Waals surface area (Å²) in [6.07, 6.45) is 0.164. The maximum absolute atomic E-state index is 5.47. The minimum absolute atomic E-state index is 0.164. The average Bonchev–Trinajstić information content (AvgIpc) is 2.38. The third-order valence-corrected chi connectivity index (χ3v) is 2.47. The smallest absolute Gasteiger partial charge is 0.324 e. The van der Waals surface area contributed by atoms with Gasteiger partial charge in [-0.1, -0.05) is 0 Å². The molecule has 0 bridgehead atoms. The fraction of sp³-hybridized carbons (Fsp3) is 0.700. The Hall–Kier alpha value is -1.63. The predicted octanol–water partition coefficient (Wildman–Crippen LogP) is 0.114. The molecule has 1 aromatic rings. The van der Waals surface area contributed by atoms with E-state index in [1.165, 1.54) is 14.2 Å². The average molecular weight is 240 g/mol. The van der Waals surface area contributed by atoms with E-state index in [1.54, 1.807) is 0 Å². The number of hydrogen-bond donors (Lipinski definition) is 0. The zero-order valence-electron chi connectivity index (χ0n) is 10.2. The second kappa shape index (κ2) is 5.13. The molecule has 1 aliphatic rings. The summed E-state index contributed by atoms with van der Waals surface area (Å²) in [6.45, 7) is 4.18. The van der Waals surface area contributed by atoms with E-state index >= 15 is 0 Å². The van der Waals surface area contributed by atoms with Crippen molar-refractivity contribution < 1.29 is 14.2 Å². The van der Waals surface area contributed by atoms with Crippen molar-refractivity contribution in [2.45, 2.75) is 13.0 Å². The van der Waals surface area contributed by atoms with Crippen LogP contribution in [0.3, 0.4) is 0 Å². The molecule has 1 unspecified atom stereocenters. The lowest BCUT2D eigenvalue weighted by Gasteiger charge is -2.31. The molecular weight excluding hydrogens is 224 g/mol. The second-order valence-corrected chi connectivity index (χ2v) is 3.74. The van der Waals surface area contributed by atoms with Gasteiger partial charge in [-0.05, 0) is 6.92 Å². The number of aromatic nitrogens is 3. The number of anilines is 1. The number of hydrogen-bond acceptors (Lipinski definition) is 7. The summed E-state index contributed by atoms with van der Waals surface area (Å²) < 4.78 is 15.5. The Morgan fingerprint density at radius 1 is 1.18 bits per heavy atom. The van der Waals surface area contributed by atoms with E-state index in [-0.39, 0.29) is 18.1 Å². The van der Waals surface area contributed by atoms with Crippen molar-refractivity contribution in [3.63, 3.8) is 0 Å². The lowest BCUT2D eigenvalue weighted by molar-refractivity contribution is 0.0525. The molecule has 7 heteroatoms. The summed E-state index contributed by atoms with van der Waals surface area (Å²) in [4.78, 5) is 14.4. The summed E-state index contributed by atoms with van der Waals surface area (Å²) >= 11 is 0. The Kier molecular flexibility index (Phi) is 3.58. The Balaban J connectivity index is 2.23. The van der Waals surface area contributed by atoms with Gasteiger partial charge in [0.25, 0.3) is 0 Å². The molecule has 0 N–H and O–H groups in total. The van der Waals surface area contributed by atoms with Gasteiger partial charge >= 0.3 is 12.0 Å². The number of morpholine rings is 1. The number of rotatable bonds is 3. The van der Waals surface area contributed by atoms with Crippen LogP contribution in [0.5, 0.6) is 12.0 Å². The van der Waals surface area contributed by atoms with Gasteiger partial charge in [-0.15, -0.1) is 4.98 Å². The van der Waals surface area contributed by atoms with E-state index in [9.17, 15) is 0 Å². The molecule has 0 aliphatic carbocycles. The zero-order valence-corrected chi connectivity index (χ0v) is 10.2. The summed E-state index contributed by atoms with van der Waals surface area (Å²) in [6, 6.07) is 0.511. The quantitative estimate of drug-likeness (QED) is 0.742. The molecule has 0 spiro atoms. The number of methoxy groups -OCH3 is 2. The van der Waals surface area contributed by atoms with Crippen LogP contribution in [0.25, 0.3) is 0 Å². The third kappa shape index (κ3) is 2.73. The Morgan fingerprint density at radius 3 is 2.35 bits per heavy atom. The molecule has 0 radical (unpaired) electrons. The van der Waals surface area contributed by atoms with Crippen LogP contribution in [0, 0.1) is 0 Å². The maximum Gasteiger partial charge on any atom is 0.324 e. The molecule has 0 aromatic carbocycles. The summed E-state index contributed by atoms with van der Waals surface area (Å²) in [5.74, 6) is 0.559. The van der Waals surface area contributed by atoms with Crippen LogP contribution in [-0.4, -0.2) is 55.0 Å². The minimum atomic E-state index is 0.164. The van der Waals surface area contributed by atoms with Crippen LogP contribution in [0.4, 0.5) is 5.95 Å². The minimum Gasteiger partial charge on any atom is -0.467 e. The Morgan fingerprint density at radius 2 is 1.82 bits per heavy atom. The summed E-state index contributed by atoms with van der Waals surface area (Å²) in [5.41, 5.74) is 0. The molecule has 1 atom stereocenters. The van der Waals surface area contributed by atoms with E-state index < -0.39 is 0 Å². The fourth-order valence-corrected chi connectivity index (χ4v) is 1.65. The zero-order chi connectivity index (χ0) is 12.3. The van der Waals surface area contributed by atoms with Gasteiger partial charge < -0.3 is 19.1 Å². The van der Waals surface area contributed by atoms with Gasteiger partial charge in [0.2, 0.25) is 5.95 Å². The highest BCUT2D eigenvalue weighted by Crippen LogP contribution is 2.18. The summed E-state index contributed by atoms with van der Waals surface area (Å²) in [7, 11) is 3.03. The maximum atomic E-state index is 5.47. The van der Waals surface area contributed by atoms with E-state index in [2.05, 4.69) is 15.0 Å². The van der Waals surface area contributed by atoms with Crippen LogP contribution in [0.15, 0.2) is 0 Å². The van der Waals surface area contributed by atoms with E-state index in [0.717, 1.165) is 13.1 Å². The van der Waals surface area contributed by atoms with Gasteiger partial charge in [-0.2, -0.15) is 9.97 Å². The first kappa shape index (κ1) is 11.8. The van der Waals surface area contributed by atoms with Crippen LogP contribution in [-0.2, 0) is 4.74 Å². The van der Waals surface area contributed by atoms with E-state index in [0.29, 0.717) is 12.6 Å². The normalized spacial score (nSPS) is 20.2. The van der Waals surface area contributed by atoms with Gasteiger partial charge in [-0.3, -0.25) is 0 Å². The summed E-state index contributed by atoms with van der Waals surface area (Å²) in [5, 5.41) is 0. The Bertz CT molecular complexity index is 366. The third-order valence-electron chi connectivity index (χ3n) is 2.47. The van der Waals surface area contributed by atoms with Gasteiger partial charge in [-0.25, -0.2) is 0 Å². The number of ether oxygens (including phenoxy) is 3. The predicted molar refractivity (Wildman–Crippen MR) is 60.6 cm³/mol. The van der Waals surface area contributed by atoms with E-state index in [1.807, 2.05) is 11.8 Å². The van der Waals surface area contributed by atoms with Crippen molar-refractivity contribution in [1.29, 1.82) is 0 Å². The van der Waals surface area contributed by atoms with E-state index in [4.69, 9.17) is 14.2 Å². The molecule has 1 fully saturated rings. The van der Waals surface area contributed by atoms with Crippen LogP contribution < -0.4 is 14.4 Å². The SMILES string of the molecule is COc1nc(OC)nc(N2CCOC(C)C2)n1. The first-order valence-corrected chi connectivity index (χ1v) is 5.43. The van der Waals surface area contributed by atoms with Crippen molar-refractivity contribution >= 4 is 5.95 Å². The van der Waals surface area contributed by atoms with Crippen LogP contribution in [0.2, 0.25) is 0 Å². The molecule has 2 heterocycles. The Labute approximate surface area is 99.7 Å². The largest absolute Gasteiger partial charge is 0.467 e. The standard InChI is InChI=1S/C10H16N4O3/c1-7-6-14(4-5-17-7)8-11-9(15-2)13-10(12-8)16-3/h7H,4-6H2,1-3H3. The molecule has 94 valence electrons. The molecular formula is C10H16N4O3. The molecule has 0 amide bonds. The topological polar surface area (TPSA) is 69.6 Å². The van der Waals surface area contributed by atoms with Crippen molar-refractivity contribution in [3.05, 3.63) is 0 Å². The molecule has 17 heavy (non-hydrogen) atoms. The first-order chi connectivity index (χ1) is 8.22. The van der Waals surface area contributed by atoms with Crippen molar-refractivity contribution in [1.82, 2.24) is 15.0 Å². The molecule has 2 rings (SSSR count). The van der Waals surface area contributed by atoms with Crippen molar-refractivity contribution in [2.24, 2.45) is 0 Å². The van der Waals surface area contributed by atoms with Crippen molar-refractivity contribution in [2.75, 3.05) is 38.8 Å². The first-order valence-electron chi connectivity index (χ1n) is 5.43. The molecule has 1 aromatic heterocycles.